The molecule has 5 aromatic carbocycles. The fourth-order valence-corrected chi connectivity index (χ4v) is 10.8. The molecule has 3 heterocycles. The fraction of sp³-hybridized carbons (Fsp3) is 0.204. The van der Waals surface area contributed by atoms with E-state index < -0.39 is 52.6 Å². The first kappa shape index (κ1) is 49.0. The van der Waals surface area contributed by atoms with E-state index in [1.807, 2.05) is 158 Å². The van der Waals surface area contributed by atoms with Crippen molar-refractivity contribution in [3.8, 4) is 6.07 Å². The number of allylic oxidation sites excluding steroid dienone is 1. The highest BCUT2D eigenvalue weighted by molar-refractivity contribution is 8.08. The molecule has 0 aliphatic carbocycles. The summed E-state index contributed by atoms with van der Waals surface area (Å²) in [5, 5.41) is 22.0. The highest BCUT2D eigenvalue weighted by Crippen LogP contribution is 2.45. The van der Waals surface area contributed by atoms with Crippen LogP contribution < -0.4 is 10.6 Å². The lowest BCUT2D eigenvalue weighted by molar-refractivity contribution is -0.154. The quantitative estimate of drug-likeness (QED) is 0.0222. The average Bonchev–Trinajstić information content (AvgIpc) is 3.84. The van der Waals surface area contributed by atoms with Gasteiger partial charge in [-0.05, 0) is 43.7 Å². The number of carbonyl (C=O) groups is 4. The van der Waals surface area contributed by atoms with E-state index in [4.69, 9.17) is 19.6 Å². The van der Waals surface area contributed by atoms with Crippen LogP contribution >= 0.6 is 34.9 Å². The van der Waals surface area contributed by atoms with Gasteiger partial charge in [-0.1, -0.05) is 175 Å². The predicted molar refractivity (Wildman–Crippen MR) is 273 cm³/mol. The summed E-state index contributed by atoms with van der Waals surface area (Å²) in [5.74, 6) is -1.74. The van der Waals surface area contributed by atoms with E-state index >= 15 is 0 Å². The van der Waals surface area contributed by atoms with Crippen LogP contribution in [0.1, 0.15) is 73.2 Å². The molecule has 70 heavy (non-hydrogen) atoms. The molecular weight excluding hydrogens is 941 g/mol. The number of aromatic nitrogens is 1. The molecular formula is C54H48N6O7S3. The van der Waals surface area contributed by atoms with Gasteiger partial charge in [-0.2, -0.15) is 5.26 Å². The van der Waals surface area contributed by atoms with E-state index in [1.165, 1.54) is 28.4 Å². The first-order chi connectivity index (χ1) is 34.0. The van der Waals surface area contributed by atoms with Crippen molar-refractivity contribution in [1.82, 2.24) is 15.2 Å². The molecule has 0 bridgehead atoms. The van der Waals surface area contributed by atoms with Crippen LogP contribution in [0.25, 0.3) is 0 Å². The number of nitriles is 1. The zero-order valence-electron chi connectivity index (χ0n) is 38.4. The standard InChI is InChI=1S/C54H48N6O7S3/c1-53(2,3)66-52(64)58-51-56-41(34-70-51)43(59-67-54(38-26-14-6-15-27-38,39-28-16-7-17-29-39)40-30-18-8-19-31-40)47(61)57-44-48(62)60-45(42(35-69-49(44)60)68-33-21-9-20-32-55)50(63)65-46(36-22-10-4-11-23-36)37-24-12-5-13-25-37/h4-8,10-19,21-31,33-34,44,46,49H,9,20,35H2,1-3H3,(H,57,61)(H,56,58,64)/b33-21+,59-43-/t44?,49-/m1/s1. The Bertz CT molecular complexity index is 2800. The number of nitrogens with zero attached hydrogens (tertiary/aromatic N) is 4. The Labute approximate surface area is 418 Å². The van der Waals surface area contributed by atoms with Crippen LogP contribution in [0, 0.1) is 11.3 Å². The summed E-state index contributed by atoms with van der Waals surface area (Å²) in [4.78, 5) is 70.2. The molecule has 1 saturated heterocycles. The normalized spacial score (nSPS) is 16.0. The average molecular weight is 989 g/mol. The number of fused-ring (bicyclic) bond motifs is 1. The second-order valence-electron chi connectivity index (χ2n) is 16.9. The zero-order chi connectivity index (χ0) is 49.1. The lowest BCUT2D eigenvalue weighted by atomic mass is 9.80. The minimum Gasteiger partial charge on any atom is -0.448 e. The number of amides is 3. The van der Waals surface area contributed by atoms with Gasteiger partial charge in [-0.25, -0.2) is 14.6 Å². The van der Waals surface area contributed by atoms with Gasteiger partial charge in [0.25, 0.3) is 11.8 Å². The SMILES string of the molecule is CC(C)(C)OC(=O)Nc1nc(/C(=N/OC(c2ccccc2)(c2ccccc2)c2ccccc2)C(=O)NC2C(=O)N3C(C(=O)OC(c4ccccc4)c4ccccc4)=C(S/C=C/CCC#N)CS[C@H]23)cs1. The Balaban J connectivity index is 1.14. The van der Waals surface area contributed by atoms with E-state index in [0.717, 1.165) is 22.5 Å². The number of nitrogens with one attached hydrogen (secondary N) is 2. The molecule has 2 aliphatic heterocycles. The maximum Gasteiger partial charge on any atom is 0.413 e. The van der Waals surface area contributed by atoms with Crippen molar-refractivity contribution >= 4 is 69.6 Å². The van der Waals surface area contributed by atoms with Gasteiger partial charge in [0, 0.05) is 39.1 Å². The van der Waals surface area contributed by atoms with Crippen LogP contribution in [-0.4, -0.2) is 62.2 Å². The number of rotatable bonds is 17. The number of thioether (sulfide) groups is 2. The van der Waals surface area contributed by atoms with E-state index in [1.54, 1.807) is 31.6 Å². The summed E-state index contributed by atoms with van der Waals surface area (Å²) in [5.41, 5.74) is 1.29. The number of carbonyl (C=O) groups excluding carboxylic acids is 4. The molecule has 2 atom stereocenters. The number of oxime groups is 1. The van der Waals surface area contributed by atoms with Crippen molar-refractivity contribution in [3.63, 3.8) is 0 Å². The van der Waals surface area contributed by atoms with Gasteiger partial charge in [-0.3, -0.25) is 19.8 Å². The first-order valence-electron chi connectivity index (χ1n) is 22.3. The largest absolute Gasteiger partial charge is 0.448 e. The highest BCUT2D eigenvalue weighted by Gasteiger charge is 2.55. The van der Waals surface area contributed by atoms with Gasteiger partial charge < -0.3 is 19.6 Å². The van der Waals surface area contributed by atoms with Gasteiger partial charge in [-0.15, -0.1) is 23.1 Å². The summed E-state index contributed by atoms with van der Waals surface area (Å²) in [7, 11) is 0. The second kappa shape index (κ2) is 22.3. The Morgan fingerprint density at radius 2 is 1.40 bits per heavy atom. The zero-order valence-corrected chi connectivity index (χ0v) is 40.8. The van der Waals surface area contributed by atoms with E-state index in [2.05, 4.69) is 26.8 Å². The number of esters is 1. The summed E-state index contributed by atoms with van der Waals surface area (Å²) < 4.78 is 11.8. The molecule has 0 radical (unpaired) electrons. The second-order valence-corrected chi connectivity index (χ2v) is 19.9. The third-order valence-electron chi connectivity index (χ3n) is 11.0. The molecule has 1 fully saturated rings. The summed E-state index contributed by atoms with van der Waals surface area (Å²) >= 11 is 3.70. The molecule has 0 spiro atoms. The topological polar surface area (TPSA) is 172 Å². The molecule has 8 rings (SSSR count). The van der Waals surface area contributed by atoms with Crippen molar-refractivity contribution in [3.05, 3.63) is 213 Å². The summed E-state index contributed by atoms with van der Waals surface area (Å²) in [6.45, 7) is 5.21. The molecule has 2 aliphatic rings. The number of hydrogen-bond donors (Lipinski definition) is 2. The number of thiazole rings is 1. The van der Waals surface area contributed by atoms with E-state index in [9.17, 15) is 19.2 Å². The van der Waals surface area contributed by atoms with Gasteiger partial charge in [0.05, 0.1) is 6.07 Å². The van der Waals surface area contributed by atoms with Crippen LogP contribution in [0.3, 0.4) is 0 Å². The van der Waals surface area contributed by atoms with Crippen LogP contribution in [0.4, 0.5) is 9.93 Å². The first-order valence-corrected chi connectivity index (χ1v) is 25.1. The molecule has 3 amide bonds. The van der Waals surface area contributed by atoms with Gasteiger partial charge >= 0.3 is 12.1 Å². The van der Waals surface area contributed by atoms with Crippen LogP contribution in [0.15, 0.2) is 184 Å². The Morgan fingerprint density at radius 3 is 1.93 bits per heavy atom. The van der Waals surface area contributed by atoms with Crippen LogP contribution in [-0.2, 0) is 34.3 Å². The van der Waals surface area contributed by atoms with E-state index in [0.29, 0.717) is 40.2 Å². The molecule has 1 aromatic heterocycles. The third-order valence-corrected chi connectivity index (χ3v) is 14.1. The Morgan fingerprint density at radius 1 is 0.857 bits per heavy atom. The molecule has 16 heteroatoms. The molecule has 13 nitrogen and oxygen atoms in total. The van der Waals surface area contributed by atoms with Crippen molar-refractivity contribution in [2.75, 3.05) is 11.1 Å². The minimum absolute atomic E-state index is 0.0514. The molecule has 0 saturated carbocycles. The molecule has 2 N–H and O–H groups in total. The minimum atomic E-state index is -1.39. The fourth-order valence-electron chi connectivity index (χ4n) is 7.80. The smallest absolute Gasteiger partial charge is 0.413 e. The van der Waals surface area contributed by atoms with Gasteiger partial charge in [0.15, 0.2) is 16.9 Å². The number of benzene rings is 5. The maximum absolute atomic E-state index is 14.9. The number of hydrogen-bond acceptors (Lipinski definition) is 13. The van der Waals surface area contributed by atoms with Crippen molar-refractivity contribution in [1.29, 1.82) is 5.26 Å². The lowest BCUT2D eigenvalue weighted by Crippen LogP contribution is -2.71. The maximum atomic E-state index is 14.9. The van der Waals surface area contributed by atoms with Crippen LogP contribution in [0.5, 0.6) is 0 Å². The summed E-state index contributed by atoms with van der Waals surface area (Å²) in [6, 6.07) is 48.2. The highest BCUT2D eigenvalue weighted by atomic mass is 32.2. The van der Waals surface area contributed by atoms with Crippen molar-refractivity contribution < 1.29 is 33.5 Å². The Kier molecular flexibility index (Phi) is 15.6. The molecule has 6 aromatic rings. The number of ether oxygens (including phenoxy) is 2. The van der Waals surface area contributed by atoms with Gasteiger partial charge in [0.2, 0.25) is 5.60 Å². The molecule has 1 unspecified atom stereocenters. The number of β-lactam (4-membered cyclic amide) rings is 1. The monoisotopic (exact) mass is 988 g/mol. The number of anilines is 1. The summed E-state index contributed by atoms with van der Waals surface area (Å²) in [6.07, 6.45) is 1.15. The van der Waals surface area contributed by atoms with Gasteiger partial charge in [0.1, 0.15) is 28.4 Å². The Hall–Kier alpha value is -7.45. The van der Waals surface area contributed by atoms with Crippen molar-refractivity contribution in [2.24, 2.45) is 5.16 Å². The lowest BCUT2D eigenvalue weighted by Gasteiger charge is -2.49. The predicted octanol–water partition coefficient (Wildman–Crippen LogP) is 10.7. The number of unbranched alkanes of at least 4 members (excludes halogenated alkanes) is 1. The van der Waals surface area contributed by atoms with E-state index in [-0.39, 0.29) is 22.2 Å². The van der Waals surface area contributed by atoms with Crippen LogP contribution in [0.2, 0.25) is 0 Å². The third kappa shape index (κ3) is 11.2. The van der Waals surface area contributed by atoms with Crippen molar-refractivity contribution in [2.45, 2.75) is 62.3 Å². The molecule has 354 valence electrons.